The van der Waals surface area contributed by atoms with Crippen molar-refractivity contribution < 1.29 is 19.1 Å². The molecule has 0 unspecified atom stereocenters. The van der Waals surface area contributed by atoms with Crippen molar-refractivity contribution in [1.82, 2.24) is 5.01 Å². The monoisotopic (exact) mass is 352 g/mol. The molecule has 1 aromatic carbocycles. The summed E-state index contributed by atoms with van der Waals surface area (Å²) in [6.07, 6.45) is 6.97. The highest BCUT2D eigenvalue weighted by Gasteiger charge is 2.67. The number of carbonyl (C=O) groups is 2. The lowest BCUT2D eigenvalue weighted by atomic mass is 9.63. The van der Waals surface area contributed by atoms with Crippen molar-refractivity contribution in [3.63, 3.8) is 0 Å². The molecule has 2 saturated carbocycles. The summed E-state index contributed by atoms with van der Waals surface area (Å²) in [5, 5.41) is 5.32. The zero-order valence-corrected chi connectivity index (χ0v) is 14.7. The lowest BCUT2D eigenvalue weighted by Gasteiger charge is -2.37. The molecule has 0 aromatic heterocycles. The van der Waals surface area contributed by atoms with Crippen LogP contribution < -0.4 is 9.47 Å². The van der Waals surface area contributed by atoms with Gasteiger partial charge in [0.2, 0.25) is 0 Å². The second kappa shape index (κ2) is 5.43. The van der Waals surface area contributed by atoms with E-state index in [2.05, 4.69) is 17.3 Å². The number of rotatable bonds is 4. The van der Waals surface area contributed by atoms with Gasteiger partial charge in [0.1, 0.15) is 11.5 Å². The second-order valence-corrected chi connectivity index (χ2v) is 7.50. The van der Waals surface area contributed by atoms with E-state index in [1.165, 1.54) is 6.21 Å². The molecule has 2 amide bonds. The quantitative estimate of drug-likeness (QED) is 0.473. The number of methoxy groups -OCH3 is 2. The predicted molar refractivity (Wildman–Crippen MR) is 93.7 cm³/mol. The lowest BCUT2D eigenvalue weighted by molar-refractivity contribution is -0.140. The van der Waals surface area contributed by atoms with Crippen LogP contribution in [0.2, 0.25) is 0 Å². The number of nitrogens with zero attached hydrogens (tertiary/aromatic N) is 2. The van der Waals surface area contributed by atoms with Gasteiger partial charge in [-0.3, -0.25) is 9.59 Å². The average Bonchev–Trinajstić information content (AvgIpc) is 3.45. The Morgan fingerprint density at radius 2 is 1.69 bits per heavy atom. The lowest BCUT2D eigenvalue weighted by Crippen LogP contribution is -2.40. The van der Waals surface area contributed by atoms with Gasteiger partial charge in [0.15, 0.2) is 0 Å². The maximum absolute atomic E-state index is 12.9. The molecule has 1 aromatic rings. The maximum Gasteiger partial charge on any atom is 0.254 e. The van der Waals surface area contributed by atoms with Gasteiger partial charge in [0.25, 0.3) is 11.8 Å². The van der Waals surface area contributed by atoms with E-state index in [4.69, 9.17) is 9.47 Å². The Morgan fingerprint density at radius 1 is 1.04 bits per heavy atom. The minimum atomic E-state index is -0.231. The summed E-state index contributed by atoms with van der Waals surface area (Å²) in [6, 6.07) is 5.32. The third-order valence-corrected chi connectivity index (χ3v) is 6.39. The van der Waals surface area contributed by atoms with Crippen LogP contribution in [0.4, 0.5) is 0 Å². The molecule has 6 atom stereocenters. The molecule has 134 valence electrons. The molecule has 0 N–H and O–H groups in total. The molecule has 26 heavy (non-hydrogen) atoms. The van der Waals surface area contributed by atoms with Crippen molar-refractivity contribution >= 4 is 18.0 Å². The topological polar surface area (TPSA) is 68.2 Å². The number of carbonyl (C=O) groups excluding carboxylic acids is 2. The van der Waals surface area contributed by atoms with Gasteiger partial charge < -0.3 is 9.47 Å². The van der Waals surface area contributed by atoms with Crippen LogP contribution in [-0.4, -0.2) is 37.3 Å². The zero-order chi connectivity index (χ0) is 18.0. The van der Waals surface area contributed by atoms with Crippen LogP contribution in [0.25, 0.3) is 0 Å². The van der Waals surface area contributed by atoms with Crippen molar-refractivity contribution in [3.05, 3.63) is 35.9 Å². The summed E-state index contributed by atoms with van der Waals surface area (Å²) < 4.78 is 10.6. The van der Waals surface area contributed by atoms with Crippen LogP contribution in [0, 0.1) is 35.5 Å². The molecule has 1 heterocycles. The molecule has 0 radical (unpaired) electrons. The van der Waals surface area contributed by atoms with Crippen molar-refractivity contribution in [2.45, 2.75) is 6.42 Å². The molecule has 0 spiro atoms. The van der Waals surface area contributed by atoms with Crippen LogP contribution in [-0.2, 0) is 9.59 Å². The van der Waals surface area contributed by atoms with Crippen LogP contribution in [0.5, 0.6) is 11.5 Å². The van der Waals surface area contributed by atoms with Gasteiger partial charge in [-0.2, -0.15) is 10.1 Å². The molecule has 6 heteroatoms. The molecule has 2 bridgehead atoms. The first kappa shape index (κ1) is 15.6. The van der Waals surface area contributed by atoms with Crippen molar-refractivity contribution in [2.75, 3.05) is 14.2 Å². The summed E-state index contributed by atoms with van der Waals surface area (Å²) in [5.41, 5.74) is 0.659. The fraction of sp³-hybridized carbons (Fsp3) is 0.450. The van der Waals surface area contributed by atoms with Crippen LogP contribution in [0.1, 0.15) is 12.0 Å². The largest absolute Gasteiger partial charge is 0.497 e. The van der Waals surface area contributed by atoms with E-state index in [9.17, 15) is 9.59 Å². The molecule has 5 aliphatic rings. The summed E-state index contributed by atoms with van der Waals surface area (Å²) in [4.78, 5) is 25.8. The molecule has 4 aliphatic carbocycles. The number of hydrazone groups is 1. The number of imide groups is 1. The van der Waals surface area contributed by atoms with E-state index >= 15 is 0 Å². The smallest absolute Gasteiger partial charge is 0.254 e. The minimum Gasteiger partial charge on any atom is -0.497 e. The third kappa shape index (κ3) is 2.01. The number of benzene rings is 1. The Hall–Kier alpha value is -2.63. The van der Waals surface area contributed by atoms with Crippen molar-refractivity contribution in [3.8, 4) is 11.5 Å². The Labute approximate surface area is 151 Å². The first-order chi connectivity index (χ1) is 12.6. The van der Waals surface area contributed by atoms with Gasteiger partial charge >= 0.3 is 0 Å². The van der Waals surface area contributed by atoms with E-state index in [1.54, 1.807) is 32.4 Å². The van der Waals surface area contributed by atoms with E-state index in [1.807, 2.05) is 0 Å². The number of allylic oxidation sites excluding steroid dienone is 2. The Bertz CT molecular complexity index is 825. The van der Waals surface area contributed by atoms with E-state index < -0.39 is 0 Å². The van der Waals surface area contributed by atoms with Crippen molar-refractivity contribution in [1.29, 1.82) is 0 Å². The first-order valence-electron chi connectivity index (χ1n) is 8.96. The molecule has 6 rings (SSSR count). The fourth-order valence-electron chi connectivity index (χ4n) is 5.12. The molecule has 6 nitrogen and oxygen atoms in total. The summed E-state index contributed by atoms with van der Waals surface area (Å²) in [5.74, 6) is 2.06. The molecule has 3 fully saturated rings. The van der Waals surface area contributed by atoms with Gasteiger partial charge in [-0.15, -0.1) is 0 Å². The fourth-order valence-corrected chi connectivity index (χ4v) is 5.12. The second-order valence-electron chi connectivity index (χ2n) is 7.50. The molecular weight excluding hydrogens is 332 g/mol. The third-order valence-electron chi connectivity index (χ3n) is 6.39. The number of hydrogen-bond acceptors (Lipinski definition) is 5. The summed E-state index contributed by atoms with van der Waals surface area (Å²) in [7, 11) is 3.14. The normalized spacial score (nSPS) is 36.5. The Balaban J connectivity index is 1.45. The van der Waals surface area contributed by atoms with E-state index in [0.29, 0.717) is 28.9 Å². The molecule has 1 saturated heterocycles. The number of amides is 2. The number of hydrogen-bond donors (Lipinski definition) is 0. The van der Waals surface area contributed by atoms with Gasteiger partial charge in [0.05, 0.1) is 32.3 Å². The molecular formula is C20H20N2O4. The number of ether oxygens (including phenoxy) is 2. The highest BCUT2D eigenvalue weighted by atomic mass is 16.5. The standard InChI is InChI=1S/C20H20N2O4/c1-25-11-3-6-16(26-2)10(7-11)9-21-22-19(23)17-12-4-5-13(15-8-14(12)15)18(17)20(22)24/h3-7,9,12-15,17-18H,8H2,1-2H3/b21-9-/t12-,13-,14-,15-,17-,18+/m0/s1. The van der Waals surface area contributed by atoms with Gasteiger partial charge in [0, 0.05) is 5.56 Å². The predicted octanol–water partition coefficient (Wildman–Crippen LogP) is 2.09. The highest BCUT2D eigenvalue weighted by molar-refractivity contribution is 6.06. The van der Waals surface area contributed by atoms with Gasteiger partial charge in [-0.1, -0.05) is 12.2 Å². The first-order valence-corrected chi connectivity index (χ1v) is 8.96. The Morgan fingerprint density at radius 3 is 2.27 bits per heavy atom. The van der Waals surface area contributed by atoms with Crippen LogP contribution >= 0.6 is 0 Å². The minimum absolute atomic E-state index is 0.164. The van der Waals surface area contributed by atoms with E-state index in [-0.39, 0.29) is 35.5 Å². The van der Waals surface area contributed by atoms with Crippen LogP contribution in [0.3, 0.4) is 0 Å². The summed E-state index contributed by atoms with van der Waals surface area (Å²) in [6.45, 7) is 0. The van der Waals surface area contributed by atoms with E-state index in [0.717, 1.165) is 11.4 Å². The van der Waals surface area contributed by atoms with Gasteiger partial charge in [-0.05, 0) is 48.3 Å². The van der Waals surface area contributed by atoms with Crippen molar-refractivity contribution in [2.24, 2.45) is 40.6 Å². The summed E-state index contributed by atoms with van der Waals surface area (Å²) >= 11 is 0. The SMILES string of the molecule is COc1ccc(OC)c(/C=N\N2C(=O)[C@@H]3[C@H]4C=C[C@@H]([C@@H]5C[C@@H]45)[C@@H]3C2=O)c1. The average molecular weight is 352 g/mol. The van der Waals surface area contributed by atoms with Crippen LogP contribution in [0.15, 0.2) is 35.5 Å². The highest BCUT2D eigenvalue weighted by Crippen LogP contribution is 2.65. The maximum atomic E-state index is 12.9. The molecule has 1 aliphatic heterocycles. The van der Waals surface area contributed by atoms with Gasteiger partial charge in [-0.25, -0.2) is 0 Å². The Kier molecular flexibility index (Phi) is 3.26. The zero-order valence-electron chi connectivity index (χ0n) is 14.7.